The fourth-order valence-electron chi connectivity index (χ4n) is 2.62. The number of hydrogen-bond donors (Lipinski definition) is 2. The molecule has 2 rings (SSSR count). The number of carbonyl (C=O) groups is 3. The molecule has 0 aliphatic carbocycles. The van der Waals surface area contributed by atoms with E-state index < -0.39 is 5.91 Å². The van der Waals surface area contributed by atoms with Crippen LogP contribution in [-0.4, -0.2) is 60.3 Å². The number of rotatable bonds is 6. The van der Waals surface area contributed by atoms with Crippen LogP contribution < -0.4 is 16.0 Å². The van der Waals surface area contributed by atoms with Crippen LogP contribution in [0.4, 0.5) is 0 Å². The summed E-state index contributed by atoms with van der Waals surface area (Å²) in [7, 11) is 0. The standard InChI is InChI=1S/C17H24N4O4/c1-13-3-2-4-14(11-13)25-10-5-16(23)20-6-8-21(9-7-20)17(24)12-15(22)19-18/h2-4,11H,5-10,12,18H2,1H3,(H,19,22). The van der Waals surface area contributed by atoms with Gasteiger partial charge in [-0.1, -0.05) is 12.1 Å². The highest BCUT2D eigenvalue weighted by Crippen LogP contribution is 2.13. The van der Waals surface area contributed by atoms with Crippen LogP contribution in [0.5, 0.6) is 5.75 Å². The Balaban J connectivity index is 1.70. The first kappa shape index (κ1) is 18.7. The van der Waals surface area contributed by atoms with E-state index in [-0.39, 0.29) is 24.7 Å². The van der Waals surface area contributed by atoms with Crippen molar-refractivity contribution in [3.05, 3.63) is 29.8 Å². The van der Waals surface area contributed by atoms with E-state index in [9.17, 15) is 14.4 Å². The second-order valence-electron chi connectivity index (χ2n) is 5.92. The summed E-state index contributed by atoms with van der Waals surface area (Å²) in [4.78, 5) is 38.5. The van der Waals surface area contributed by atoms with Crippen molar-refractivity contribution in [1.82, 2.24) is 15.2 Å². The number of ether oxygens (including phenoxy) is 1. The first-order valence-electron chi connectivity index (χ1n) is 8.24. The summed E-state index contributed by atoms with van der Waals surface area (Å²) in [6, 6.07) is 7.68. The van der Waals surface area contributed by atoms with Crippen LogP contribution in [0.15, 0.2) is 24.3 Å². The van der Waals surface area contributed by atoms with Gasteiger partial charge >= 0.3 is 0 Å². The summed E-state index contributed by atoms with van der Waals surface area (Å²) in [6.07, 6.45) is 0.0201. The Morgan fingerprint density at radius 3 is 2.36 bits per heavy atom. The van der Waals surface area contributed by atoms with Gasteiger partial charge in [0.15, 0.2) is 0 Å². The van der Waals surface area contributed by atoms with E-state index in [1.165, 1.54) is 0 Å². The third kappa shape index (κ3) is 5.75. The Labute approximate surface area is 146 Å². The lowest BCUT2D eigenvalue weighted by molar-refractivity contribution is -0.142. The quantitative estimate of drug-likeness (QED) is 0.321. The Bertz CT molecular complexity index is 627. The van der Waals surface area contributed by atoms with Crippen LogP contribution >= 0.6 is 0 Å². The van der Waals surface area contributed by atoms with E-state index in [0.29, 0.717) is 32.8 Å². The number of carbonyl (C=O) groups excluding carboxylic acids is 3. The molecule has 1 aliphatic rings. The lowest BCUT2D eigenvalue weighted by Gasteiger charge is -2.34. The highest BCUT2D eigenvalue weighted by atomic mass is 16.5. The average Bonchev–Trinajstić information content (AvgIpc) is 2.61. The molecule has 3 N–H and O–H groups in total. The van der Waals surface area contributed by atoms with Crippen molar-refractivity contribution in [2.75, 3.05) is 32.8 Å². The SMILES string of the molecule is Cc1cccc(OCCC(=O)N2CCN(C(=O)CC(=O)NN)CC2)c1. The summed E-state index contributed by atoms with van der Waals surface area (Å²) in [6.45, 7) is 4.05. The Kier molecular flexibility index (Phi) is 6.76. The third-order valence-corrected chi connectivity index (χ3v) is 4.03. The van der Waals surface area contributed by atoms with Crippen molar-refractivity contribution < 1.29 is 19.1 Å². The number of aryl methyl sites for hydroxylation is 1. The maximum Gasteiger partial charge on any atom is 0.243 e. The van der Waals surface area contributed by atoms with Crippen LogP contribution in [0.25, 0.3) is 0 Å². The number of hydrogen-bond acceptors (Lipinski definition) is 5. The normalized spacial score (nSPS) is 14.2. The minimum atomic E-state index is -0.517. The number of hydrazine groups is 1. The largest absolute Gasteiger partial charge is 0.493 e. The molecule has 0 bridgehead atoms. The van der Waals surface area contributed by atoms with E-state index in [0.717, 1.165) is 11.3 Å². The number of nitrogens with one attached hydrogen (secondary N) is 1. The number of piperazine rings is 1. The van der Waals surface area contributed by atoms with E-state index in [1.54, 1.807) is 9.80 Å². The van der Waals surface area contributed by atoms with Crippen LogP contribution in [0.2, 0.25) is 0 Å². The smallest absolute Gasteiger partial charge is 0.243 e. The number of benzene rings is 1. The van der Waals surface area contributed by atoms with Crippen LogP contribution in [0.3, 0.4) is 0 Å². The zero-order valence-electron chi connectivity index (χ0n) is 14.4. The summed E-state index contributed by atoms with van der Waals surface area (Å²) in [5.41, 5.74) is 3.04. The van der Waals surface area contributed by atoms with E-state index >= 15 is 0 Å². The zero-order chi connectivity index (χ0) is 18.2. The van der Waals surface area contributed by atoms with E-state index in [1.807, 2.05) is 36.6 Å². The van der Waals surface area contributed by atoms with Crippen molar-refractivity contribution >= 4 is 17.7 Å². The monoisotopic (exact) mass is 348 g/mol. The first-order chi connectivity index (χ1) is 12.0. The molecule has 1 fully saturated rings. The van der Waals surface area contributed by atoms with Gasteiger partial charge in [0, 0.05) is 26.2 Å². The van der Waals surface area contributed by atoms with E-state index in [4.69, 9.17) is 10.6 Å². The Hall–Kier alpha value is -2.61. The minimum Gasteiger partial charge on any atom is -0.493 e. The van der Waals surface area contributed by atoms with Crippen LogP contribution in [0.1, 0.15) is 18.4 Å². The second-order valence-corrected chi connectivity index (χ2v) is 5.92. The number of nitrogens with zero attached hydrogens (tertiary/aromatic N) is 2. The van der Waals surface area contributed by atoms with Crippen molar-refractivity contribution in [1.29, 1.82) is 0 Å². The van der Waals surface area contributed by atoms with Crippen molar-refractivity contribution in [3.63, 3.8) is 0 Å². The Morgan fingerprint density at radius 1 is 1.12 bits per heavy atom. The van der Waals surface area contributed by atoms with Crippen molar-refractivity contribution in [3.8, 4) is 5.75 Å². The molecule has 0 aromatic heterocycles. The average molecular weight is 348 g/mol. The molecule has 0 atom stereocenters. The van der Waals surface area contributed by atoms with Gasteiger partial charge in [-0.2, -0.15) is 0 Å². The summed E-state index contributed by atoms with van der Waals surface area (Å²) in [5.74, 6) is 4.93. The highest BCUT2D eigenvalue weighted by molar-refractivity contribution is 5.96. The Morgan fingerprint density at radius 2 is 1.76 bits per heavy atom. The molecular weight excluding hydrogens is 324 g/mol. The maximum atomic E-state index is 12.2. The predicted molar refractivity (Wildman–Crippen MR) is 91.4 cm³/mol. The maximum absolute atomic E-state index is 12.2. The van der Waals surface area contributed by atoms with Gasteiger partial charge in [0.25, 0.3) is 0 Å². The van der Waals surface area contributed by atoms with Gasteiger partial charge in [-0.05, 0) is 24.6 Å². The lowest BCUT2D eigenvalue weighted by atomic mass is 10.2. The minimum absolute atomic E-state index is 0.000506. The van der Waals surface area contributed by atoms with Crippen molar-refractivity contribution in [2.45, 2.75) is 19.8 Å². The molecule has 8 nitrogen and oxygen atoms in total. The molecule has 1 saturated heterocycles. The molecule has 0 radical (unpaired) electrons. The molecule has 8 heteroatoms. The molecule has 25 heavy (non-hydrogen) atoms. The zero-order valence-corrected chi connectivity index (χ0v) is 14.4. The van der Waals surface area contributed by atoms with Gasteiger partial charge < -0.3 is 14.5 Å². The molecule has 0 saturated carbocycles. The molecular formula is C17H24N4O4. The number of nitrogens with two attached hydrogens (primary N) is 1. The fraction of sp³-hybridized carbons (Fsp3) is 0.471. The van der Waals surface area contributed by atoms with Gasteiger partial charge in [-0.3, -0.25) is 19.8 Å². The molecule has 1 aliphatic heterocycles. The second kappa shape index (κ2) is 9.03. The van der Waals surface area contributed by atoms with Gasteiger partial charge in [0.05, 0.1) is 13.0 Å². The van der Waals surface area contributed by atoms with Crippen LogP contribution in [0, 0.1) is 6.92 Å². The molecule has 0 unspecified atom stereocenters. The van der Waals surface area contributed by atoms with Crippen molar-refractivity contribution in [2.24, 2.45) is 5.84 Å². The third-order valence-electron chi connectivity index (χ3n) is 4.03. The highest BCUT2D eigenvalue weighted by Gasteiger charge is 2.24. The summed E-state index contributed by atoms with van der Waals surface area (Å²) >= 11 is 0. The molecule has 136 valence electrons. The predicted octanol–water partition coefficient (Wildman–Crippen LogP) is -0.185. The fourth-order valence-corrected chi connectivity index (χ4v) is 2.62. The summed E-state index contributed by atoms with van der Waals surface area (Å²) in [5, 5.41) is 0. The molecule has 3 amide bonds. The molecule has 0 spiro atoms. The van der Waals surface area contributed by atoms with Gasteiger partial charge in [0.1, 0.15) is 12.2 Å². The van der Waals surface area contributed by atoms with Gasteiger partial charge in [-0.25, -0.2) is 5.84 Å². The van der Waals surface area contributed by atoms with Gasteiger partial charge in [-0.15, -0.1) is 0 Å². The topological polar surface area (TPSA) is 105 Å². The first-order valence-corrected chi connectivity index (χ1v) is 8.24. The van der Waals surface area contributed by atoms with Crippen LogP contribution in [-0.2, 0) is 14.4 Å². The van der Waals surface area contributed by atoms with Gasteiger partial charge in [0.2, 0.25) is 17.7 Å². The van der Waals surface area contributed by atoms with E-state index in [2.05, 4.69) is 0 Å². The summed E-state index contributed by atoms with van der Waals surface area (Å²) < 4.78 is 5.60. The molecule has 1 aromatic rings. The number of amides is 3. The molecule has 1 heterocycles. The lowest BCUT2D eigenvalue weighted by Crippen LogP contribution is -2.51. The molecule has 1 aromatic carbocycles.